The lowest BCUT2D eigenvalue weighted by Gasteiger charge is -2.05. The number of aliphatic imine (C=N–C) groups is 1. The molecule has 0 heterocycles. The summed E-state index contributed by atoms with van der Waals surface area (Å²) in [6.07, 6.45) is 1.71. The molecule has 0 aliphatic heterocycles. The molecule has 0 unspecified atom stereocenters. The highest BCUT2D eigenvalue weighted by molar-refractivity contribution is 14.1. The number of halogens is 1. The van der Waals surface area contributed by atoms with Crippen molar-refractivity contribution in [1.29, 1.82) is 0 Å². The Morgan fingerprint density at radius 1 is 1.33 bits per heavy atom. The van der Waals surface area contributed by atoms with Crippen molar-refractivity contribution in [3.8, 4) is 5.75 Å². The zero-order valence-electron chi connectivity index (χ0n) is 11.4. The lowest BCUT2D eigenvalue weighted by atomic mass is 10.2. The SMILES string of the molecule is CCOc1ccc(C=Nc2cccc(C(=O)O)c2)cc1I. The molecule has 0 saturated heterocycles. The van der Waals surface area contributed by atoms with Crippen LogP contribution in [-0.2, 0) is 0 Å². The van der Waals surface area contributed by atoms with Gasteiger partial charge in [-0.05, 0) is 71.5 Å². The van der Waals surface area contributed by atoms with Crippen molar-refractivity contribution in [3.63, 3.8) is 0 Å². The fourth-order valence-corrected chi connectivity index (χ4v) is 2.43. The van der Waals surface area contributed by atoms with Crippen molar-refractivity contribution in [3.05, 3.63) is 57.2 Å². The molecule has 2 aromatic rings. The molecule has 2 aromatic carbocycles. The molecule has 0 spiro atoms. The second-order valence-electron chi connectivity index (χ2n) is 4.24. The molecule has 108 valence electrons. The first-order valence-electron chi connectivity index (χ1n) is 6.40. The van der Waals surface area contributed by atoms with E-state index in [1.54, 1.807) is 30.5 Å². The van der Waals surface area contributed by atoms with Gasteiger partial charge in [0.2, 0.25) is 0 Å². The van der Waals surface area contributed by atoms with E-state index in [9.17, 15) is 4.79 Å². The van der Waals surface area contributed by atoms with Crippen molar-refractivity contribution in [2.24, 2.45) is 4.99 Å². The highest BCUT2D eigenvalue weighted by Crippen LogP contribution is 2.22. The van der Waals surface area contributed by atoms with Gasteiger partial charge in [0, 0.05) is 6.21 Å². The molecule has 5 heteroatoms. The Hall–Kier alpha value is -1.89. The number of hydrogen-bond donors (Lipinski definition) is 1. The molecular weight excluding hydrogens is 381 g/mol. The third-order valence-corrected chi connectivity index (χ3v) is 3.55. The third kappa shape index (κ3) is 4.29. The van der Waals surface area contributed by atoms with E-state index in [2.05, 4.69) is 27.6 Å². The summed E-state index contributed by atoms with van der Waals surface area (Å²) in [4.78, 5) is 15.2. The summed E-state index contributed by atoms with van der Waals surface area (Å²) < 4.78 is 6.49. The van der Waals surface area contributed by atoms with Gasteiger partial charge in [-0.1, -0.05) is 6.07 Å². The van der Waals surface area contributed by atoms with Crippen LogP contribution in [0.4, 0.5) is 5.69 Å². The summed E-state index contributed by atoms with van der Waals surface area (Å²) >= 11 is 2.21. The van der Waals surface area contributed by atoms with Gasteiger partial charge in [-0.15, -0.1) is 0 Å². The van der Waals surface area contributed by atoms with Crippen LogP contribution >= 0.6 is 22.6 Å². The van der Waals surface area contributed by atoms with Crippen LogP contribution in [0, 0.1) is 3.57 Å². The number of hydrogen-bond acceptors (Lipinski definition) is 3. The normalized spacial score (nSPS) is 10.8. The highest BCUT2D eigenvalue weighted by Gasteiger charge is 2.03. The van der Waals surface area contributed by atoms with Crippen LogP contribution in [0.3, 0.4) is 0 Å². The van der Waals surface area contributed by atoms with E-state index in [1.807, 2.05) is 25.1 Å². The Kier molecular flexibility index (Phi) is 5.32. The Morgan fingerprint density at radius 2 is 2.14 bits per heavy atom. The Balaban J connectivity index is 2.19. The number of benzene rings is 2. The van der Waals surface area contributed by atoms with Gasteiger partial charge in [0.05, 0.1) is 21.4 Å². The summed E-state index contributed by atoms with van der Waals surface area (Å²) in [5.74, 6) is -0.106. The Labute approximate surface area is 136 Å². The maximum Gasteiger partial charge on any atom is 0.335 e. The minimum Gasteiger partial charge on any atom is -0.493 e. The lowest BCUT2D eigenvalue weighted by molar-refractivity contribution is 0.0697. The molecule has 0 aliphatic carbocycles. The molecule has 0 fully saturated rings. The van der Waals surface area contributed by atoms with E-state index in [1.165, 1.54) is 0 Å². The lowest BCUT2D eigenvalue weighted by Crippen LogP contribution is -1.95. The summed E-state index contributed by atoms with van der Waals surface area (Å²) in [6.45, 7) is 2.58. The Morgan fingerprint density at radius 3 is 2.81 bits per heavy atom. The molecule has 0 atom stereocenters. The van der Waals surface area contributed by atoms with E-state index in [0.717, 1.165) is 14.9 Å². The summed E-state index contributed by atoms with van der Waals surface area (Å²) in [5.41, 5.74) is 1.77. The van der Waals surface area contributed by atoms with Crippen LogP contribution in [0.25, 0.3) is 0 Å². The maximum atomic E-state index is 10.9. The fraction of sp³-hybridized carbons (Fsp3) is 0.125. The van der Waals surface area contributed by atoms with Crippen LogP contribution in [0.2, 0.25) is 0 Å². The number of ether oxygens (including phenoxy) is 1. The molecule has 1 N–H and O–H groups in total. The van der Waals surface area contributed by atoms with Crippen molar-refractivity contribution >= 4 is 40.5 Å². The van der Waals surface area contributed by atoms with Gasteiger partial charge in [0.1, 0.15) is 5.75 Å². The van der Waals surface area contributed by atoms with Crippen LogP contribution < -0.4 is 4.74 Å². The molecule has 0 radical (unpaired) electrons. The van der Waals surface area contributed by atoms with E-state index in [0.29, 0.717) is 12.3 Å². The van der Waals surface area contributed by atoms with Crippen molar-refractivity contribution in [1.82, 2.24) is 0 Å². The number of aromatic carboxylic acids is 1. The molecule has 0 aromatic heterocycles. The highest BCUT2D eigenvalue weighted by atomic mass is 127. The average Bonchev–Trinajstić information content (AvgIpc) is 2.48. The smallest absolute Gasteiger partial charge is 0.335 e. The number of carbonyl (C=O) groups is 1. The van der Waals surface area contributed by atoms with Crippen molar-refractivity contribution in [2.45, 2.75) is 6.92 Å². The van der Waals surface area contributed by atoms with Gasteiger partial charge in [-0.25, -0.2) is 4.79 Å². The average molecular weight is 395 g/mol. The molecular formula is C16H14INO3. The summed E-state index contributed by atoms with van der Waals surface area (Å²) in [5, 5.41) is 8.95. The van der Waals surface area contributed by atoms with Gasteiger partial charge >= 0.3 is 5.97 Å². The number of rotatable bonds is 5. The molecule has 4 nitrogen and oxygen atoms in total. The maximum absolute atomic E-state index is 10.9. The van der Waals surface area contributed by atoms with Gasteiger partial charge < -0.3 is 9.84 Å². The predicted molar refractivity (Wildman–Crippen MR) is 91.0 cm³/mol. The number of nitrogens with zero attached hydrogens (tertiary/aromatic N) is 1. The first-order valence-corrected chi connectivity index (χ1v) is 7.48. The quantitative estimate of drug-likeness (QED) is 0.612. The predicted octanol–water partition coefficient (Wildman–Crippen LogP) is 4.14. The van der Waals surface area contributed by atoms with Gasteiger partial charge in [0.25, 0.3) is 0 Å². The molecule has 0 aliphatic rings. The standard InChI is InChI=1S/C16H14INO3/c1-2-21-15-7-6-11(8-14(15)17)10-18-13-5-3-4-12(9-13)16(19)20/h3-10H,2H2,1H3,(H,19,20). The fourth-order valence-electron chi connectivity index (χ4n) is 1.74. The molecule has 2 rings (SSSR count). The van der Waals surface area contributed by atoms with Gasteiger partial charge in [0.15, 0.2) is 0 Å². The topological polar surface area (TPSA) is 58.9 Å². The summed E-state index contributed by atoms with van der Waals surface area (Å²) in [7, 11) is 0. The van der Waals surface area contributed by atoms with Crippen molar-refractivity contribution in [2.75, 3.05) is 6.61 Å². The van der Waals surface area contributed by atoms with Gasteiger partial charge in [-0.2, -0.15) is 0 Å². The second-order valence-corrected chi connectivity index (χ2v) is 5.40. The Bertz CT molecular complexity index is 683. The first kappa shape index (κ1) is 15.5. The van der Waals surface area contributed by atoms with Crippen LogP contribution in [-0.4, -0.2) is 23.9 Å². The van der Waals surface area contributed by atoms with Crippen LogP contribution in [0.15, 0.2) is 47.5 Å². The zero-order chi connectivity index (χ0) is 15.2. The minimum atomic E-state index is -0.956. The van der Waals surface area contributed by atoms with E-state index in [4.69, 9.17) is 9.84 Å². The second kappa shape index (κ2) is 7.21. The number of carboxylic acid groups (broad SMARTS) is 1. The largest absolute Gasteiger partial charge is 0.493 e. The first-order chi connectivity index (χ1) is 10.1. The van der Waals surface area contributed by atoms with Crippen molar-refractivity contribution < 1.29 is 14.6 Å². The molecule has 0 saturated carbocycles. The van der Waals surface area contributed by atoms with Gasteiger partial charge in [-0.3, -0.25) is 4.99 Å². The van der Waals surface area contributed by atoms with Crippen LogP contribution in [0.5, 0.6) is 5.75 Å². The number of carboxylic acids is 1. The molecule has 0 bridgehead atoms. The monoisotopic (exact) mass is 395 g/mol. The molecule has 0 amide bonds. The zero-order valence-corrected chi connectivity index (χ0v) is 13.6. The van der Waals surface area contributed by atoms with E-state index >= 15 is 0 Å². The van der Waals surface area contributed by atoms with E-state index < -0.39 is 5.97 Å². The van der Waals surface area contributed by atoms with Crippen LogP contribution in [0.1, 0.15) is 22.8 Å². The summed E-state index contributed by atoms with van der Waals surface area (Å²) in [6, 6.07) is 12.3. The van der Waals surface area contributed by atoms with E-state index in [-0.39, 0.29) is 5.56 Å². The minimum absolute atomic E-state index is 0.228. The molecule has 21 heavy (non-hydrogen) atoms. The third-order valence-electron chi connectivity index (χ3n) is 2.71.